The summed E-state index contributed by atoms with van der Waals surface area (Å²) in [5, 5.41) is 4.85. The van der Waals surface area contributed by atoms with Gasteiger partial charge in [0.25, 0.3) is 5.91 Å². The third-order valence-corrected chi connectivity index (χ3v) is 6.75. The van der Waals surface area contributed by atoms with Crippen molar-refractivity contribution in [2.24, 2.45) is 0 Å². The standard InChI is InChI=1S/C27H16ClN3O2S/c28-19-9-3-1-8-17(19)23-13-14-24(33-23)22-15-18(16-7-2-4-10-20(16)29-22)26(32)31-27-30-21-11-5-6-12-25(21)34-27/h1-15H,(H,30,31,32). The minimum absolute atomic E-state index is 0.253. The van der Waals surface area contributed by atoms with Crippen molar-refractivity contribution in [3.05, 3.63) is 102 Å². The number of benzene rings is 3. The first-order chi connectivity index (χ1) is 16.7. The molecule has 0 aliphatic carbocycles. The van der Waals surface area contributed by atoms with Crippen molar-refractivity contribution in [1.82, 2.24) is 9.97 Å². The number of nitrogens with zero attached hydrogens (tertiary/aromatic N) is 2. The van der Waals surface area contributed by atoms with E-state index in [0.717, 1.165) is 21.2 Å². The van der Waals surface area contributed by atoms with E-state index in [-0.39, 0.29) is 5.91 Å². The molecular weight excluding hydrogens is 466 g/mol. The van der Waals surface area contributed by atoms with Gasteiger partial charge in [0, 0.05) is 10.9 Å². The van der Waals surface area contributed by atoms with E-state index < -0.39 is 0 Å². The van der Waals surface area contributed by atoms with E-state index in [4.69, 9.17) is 21.0 Å². The molecule has 3 aromatic heterocycles. The fourth-order valence-electron chi connectivity index (χ4n) is 3.86. The maximum atomic E-state index is 13.3. The van der Waals surface area contributed by atoms with Gasteiger partial charge in [-0.15, -0.1) is 0 Å². The molecule has 0 atom stereocenters. The van der Waals surface area contributed by atoms with E-state index >= 15 is 0 Å². The minimum Gasteiger partial charge on any atom is -0.454 e. The van der Waals surface area contributed by atoms with E-state index in [1.807, 2.05) is 84.9 Å². The van der Waals surface area contributed by atoms with Crippen LogP contribution < -0.4 is 5.32 Å². The number of fused-ring (bicyclic) bond motifs is 2. The average Bonchev–Trinajstić information content (AvgIpc) is 3.50. The van der Waals surface area contributed by atoms with Crippen LogP contribution in [-0.2, 0) is 0 Å². The number of para-hydroxylation sites is 2. The second kappa shape index (κ2) is 8.41. The van der Waals surface area contributed by atoms with Gasteiger partial charge in [-0.3, -0.25) is 10.1 Å². The smallest absolute Gasteiger partial charge is 0.258 e. The van der Waals surface area contributed by atoms with Gasteiger partial charge in [-0.25, -0.2) is 9.97 Å². The monoisotopic (exact) mass is 481 g/mol. The molecule has 0 saturated carbocycles. The molecule has 34 heavy (non-hydrogen) atoms. The quantitative estimate of drug-likeness (QED) is 0.280. The van der Waals surface area contributed by atoms with Gasteiger partial charge in [0.05, 0.1) is 26.3 Å². The highest BCUT2D eigenvalue weighted by atomic mass is 35.5. The van der Waals surface area contributed by atoms with Crippen LogP contribution in [0.4, 0.5) is 5.13 Å². The number of nitrogens with one attached hydrogen (secondary N) is 1. The number of amides is 1. The zero-order valence-corrected chi connectivity index (χ0v) is 19.2. The number of aromatic nitrogens is 2. The van der Waals surface area contributed by atoms with Gasteiger partial charge in [0.15, 0.2) is 10.9 Å². The summed E-state index contributed by atoms with van der Waals surface area (Å²) in [5.74, 6) is 0.933. The Morgan fingerprint density at radius 2 is 1.56 bits per heavy atom. The zero-order valence-electron chi connectivity index (χ0n) is 17.7. The predicted molar refractivity (Wildman–Crippen MR) is 137 cm³/mol. The summed E-state index contributed by atoms with van der Waals surface area (Å²) >= 11 is 7.77. The van der Waals surface area contributed by atoms with Crippen molar-refractivity contribution in [2.75, 3.05) is 5.32 Å². The Labute approximate surface area is 203 Å². The van der Waals surface area contributed by atoms with Gasteiger partial charge < -0.3 is 4.42 Å². The molecule has 5 nitrogen and oxygen atoms in total. The van der Waals surface area contributed by atoms with Crippen LogP contribution in [0.15, 0.2) is 95.4 Å². The number of pyridine rings is 1. The molecule has 0 saturated heterocycles. The maximum Gasteiger partial charge on any atom is 0.258 e. The van der Waals surface area contributed by atoms with Crippen LogP contribution in [-0.4, -0.2) is 15.9 Å². The minimum atomic E-state index is -0.253. The topological polar surface area (TPSA) is 68.0 Å². The fraction of sp³-hybridized carbons (Fsp3) is 0. The van der Waals surface area contributed by atoms with E-state index in [9.17, 15) is 4.79 Å². The molecule has 0 aliphatic heterocycles. The van der Waals surface area contributed by atoms with Crippen LogP contribution in [0.3, 0.4) is 0 Å². The number of rotatable bonds is 4. The first-order valence-corrected chi connectivity index (χ1v) is 11.8. The lowest BCUT2D eigenvalue weighted by atomic mass is 10.1. The Kier molecular flexibility index (Phi) is 5.09. The Morgan fingerprint density at radius 3 is 2.41 bits per heavy atom. The van der Waals surface area contributed by atoms with Crippen LogP contribution in [0, 0.1) is 0 Å². The van der Waals surface area contributed by atoms with Gasteiger partial charge in [0.1, 0.15) is 11.5 Å². The molecule has 0 fully saturated rings. The Morgan fingerprint density at radius 1 is 0.824 bits per heavy atom. The van der Waals surface area contributed by atoms with Crippen LogP contribution >= 0.6 is 22.9 Å². The molecule has 3 heterocycles. The summed E-state index contributed by atoms with van der Waals surface area (Å²) in [4.78, 5) is 22.6. The number of carbonyl (C=O) groups is 1. The molecule has 1 amide bonds. The summed E-state index contributed by atoms with van der Waals surface area (Å²) in [7, 11) is 0. The zero-order chi connectivity index (χ0) is 23.1. The van der Waals surface area contributed by atoms with E-state index in [1.54, 1.807) is 6.07 Å². The maximum absolute atomic E-state index is 13.3. The number of halogens is 1. The van der Waals surface area contributed by atoms with Crippen LogP contribution in [0.2, 0.25) is 5.02 Å². The lowest BCUT2D eigenvalue weighted by Gasteiger charge is -2.08. The van der Waals surface area contributed by atoms with Crippen LogP contribution in [0.1, 0.15) is 10.4 Å². The van der Waals surface area contributed by atoms with E-state index in [0.29, 0.717) is 38.4 Å². The number of thiazole rings is 1. The highest BCUT2D eigenvalue weighted by molar-refractivity contribution is 7.22. The SMILES string of the molecule is O=C(Nc1nc2ccccc2s1)c1cc(-c2ccc(-c3ccccc3Cl)o2)nc2ccccc12. The second-order valence-electron chi connectivity index (χ2n) is 7.66. The molecule has 0 radical (unpaired) electrons. The molecule has 3 aromatic carbocycles. The van der Waals surface area contributed by atoms with Crippen molar-refractivity contribution in [1.29, 1.82) is 0 Å². The number of hydrogen-bond donors (Lipinski definition) is 1. The summed E-state index contributed by atoms with van der Waals surface area (Å²) in [6.45, 7) is 0. The summed E-state index contributed by atoms with van der Waals surface area (Å²) < 4.78 is 7.10. The molecule has 0 bridgehead atoms. The molecule has 6 aromatic rings. The van der Waals surface area contributed by atoms with Crippen molar-refractivity contribution in [3.8, 4) is 22.8 Å². The van der Waals surface area contributed by atoms with E-state index in [2.05, 4.69) is 10.3 Å². The average molecular weight is 482 g/mol. The molecule has 0 unspecified atom stereocenters. The molecule has 6 rings (SSSR count). The van der Waals surface area contributed by atoms with Crippen LogP contribution in [0.5, 0.6) is 0 Å². The molecule has 0 spiro atoms. The lowest BCUT2D eigenvalue weighted by molar-refractivity contribution is 0.102. The first kappa shape index (κ1) is 20.6. The number of carbonyl (C=O) groups excluding carboxylic acids is 1. The summed E-state index contributed by atoms with van der Waals surface area (Å²) in [6.07, 6.45) is 0. The molecule has 0 aliphatic rings. The highest BCUT2D eigenvalue weighted by Gasteiger charge is 2.18. The Balaban J connectivity index is 1.40. The lowest BCUT2D eigenvalue weighted by Crippen LogP contribution is -2.12. The van der Waals surface area contributed by atoms with Gasteiger partial charge in [0.2, 0.25) is 0 Å². The number of furan rings is 1. The first-order valence-electron chi connectivity index (χ1n) is 10.6. The van der Waals surface area contributed by atoms with Crippen molar-refractivity contribution in [3.63, 3.8) is 0 Å². The predicted octanol–water partition coefficient (Wildman–Crippen LogP) is 7.68. The summed E-state index contributed by atoms with van der Waals surface area (Å²) in [5.41, 5.74) is 3.41. The van der Waals surface area contributed by atoms with Gasteiger partial charge >= 0.3 is 0 Å². The Hall–Kier alpha value is -4.00. The van der Waals surface area contributed by atoms with Gasteiger partial charge in [-0.1, -0.05) is 65.4 Å². The summed E-state index contributed by atoms with van der Waals surface area (Å²) in [6, 6.07) is 28.3. The van der Waals surface area contributed by atoms with Gasteiger partial charge in [-0.05, 0) is 48.5 Å². The van der Waals surface area contributed by atoms with Crippen molar-refractivity contribution < 1.29 is 9.21 Å². The fourth-order valence-corrected chi connectivity index (χ4v) is 4.95. The molecular formula is C27H16ClN3O2S. The second-order valence-corrected chi connectivity index (χ2v) is 9.09. The normalized spacial score (nSPS) is 11.2. The van der Waals surface area contributed by atoms with Crippen molar-refractivity contribution in [2.45, 2.75) is 0 Å². The largest absolute Gasteiger partial charge is 0.454 e. The van der Waals surface area contributed by atoms with Crippen molar-refractivity contribution >= 4 is 55.1 Å². The number of anilines is 1. The number of hydrogen-bond acceptors (Lipinski definition) is 5. The molecule has 164 valence electrons. The third kappa shape index (κ3) is 3.73. The third-order valence-electron chi connectivity index (χ3n) is 5.47. The molecule has 1 N–H and O–H groups in total. The molecule has 7 heteroatoms. The Bertz CT molecular complexity index is 1660. The van der Waals surface area contributed by atoms with Gasteiger partial charge in [-0.2, -0.15) is 0 Å². The van der Waals surface area contributed by atoms with E-state index in [1.165, 1.54) is 11.3 Å². The highest BCUT2D eigenvalue weighted by Crippen LogP contribution is 2.34. The van der Waals surface area contributed by atoms with Crippen LogP contribution in [0.25, 0.3) is 43.9 Å².